The number of fused-ring (bicyclic) bond motifs is 1. The summed E-state index contributed by atoms with van der Waals surface area (Å²) in [4.78, 5) is 7.01. The van der Waals surface area contributed by atoms with Crippen LogP contribution in [0.2, 0.25) is 5.02 Å². The van der Waals surface area contributed by atoms with Crippen LogP contribution < -0.4 is 0 Å². The topological polar surface area (TPSA) is 16.1 Å². The first kappa shape index (κ1) is 14.3. The molecule has 0 amide bonds. The Bertz CT molecular complexity index is 580. The van der Waals surface area contributed by atoms with Gasteiger partial charge in [0.25, 0.3) is 0 Å². The minimum Gasteiger partial charge on any atom is -0.298 e. The molecule has 0 N–H and O–H groups in total. The normalized spacial score (nSPS) is 13.2. The molecule has 2 rings (SSSR count). The molecular formula is C16H21ClN2. The lowest BCUT2D eigenvalue weighted by molar-refractivity contribution is 0.241. The van der Waals surface area contributed by atoms with E-state index in [-0.39, 0.29) is 0 Å². The minimum atomic E-state index is 0.532. The summed E-state index contributed by atoms with van der Waals surface area (Å²) in [6.07, 6.45) is 1.13. The number of pyridine rings is 1. The Morgan fingerprint density at radius 1 is 1.32 bits per heavy atom. The van der Waals surface area contributed by atoms with Crippen LogP contribution in [0.3, 0.4) is 0 Å². The van der Waals surface area contributed by atoms with E-state index < -0.39 is 0 Å². The van der Waals surface area contributed by atoms with Crippen LogP contribution in [-0.2, 0) is 6.54 Å². The molecule has 1 heterocycles. The quantitative estimate of drug-likeness (QED) is 0.821. The Balaban J connectivity index is 2.41. The van der Waals surface area contributed by atoms with Crippen molar-refractivity contribution in [1.82, 2.24) is 9.88 Å². The fourth-order valence-electron chi connectivity index (χ4n) is 2.23. The molecule has 0 spiro atoms. The van der Waals surface area contributed by atoms with Crippen molar-refractivity contribution in [2.24, 2.45) is 0 Å². The minimum absolute atomic E-state index is 0.532. The molecule has 1 atom stereocenters. The summed E-state index contributed by atoms with van der Waals surface area (Å²) in [6, 6.07) is 8.70. The molecule has 0 radical (unpaired) electrons. The van der Waals surface area contributed by atoms with E-state index in [1.54, 1.807) is 0 Å². The van der Waals surface area contributed by atoms with E-state index in [0.29, 0.717) is 6.04 Å². The highest BCUT2D eigenvalue weighted by atomic mass is 35.5. The molecule has 3 heteroatoms. The molecule has 0 saturated heterocycles. The fraction of sp³-hybridized carbons (Fsp3) is 0.438. The number of aryl methyl sites for hydroxylation is 1. The number of nitrogens with zero attached hydrogens (tertiary/aromatic N) is 2. The molecule has 19 heavy (non-hydrogen) atoms. The highest BCUT2D eigenvalue weighted by molar-refractivity contribution is 6.32. The number of aromatic nitrogens is 1. The second-order valence-electron chi connectivity index (χ2n) is 5.19. The van der Waals surface area contributed by atoms with Gasteiger partial charge in [-0.2, -0.15) is 0 Å². The van der Waals surface area contributed by atoms with Crippen LogP contribution in [-0.4, -0.2) is 23.0 Å². The number of hydrogen-bond acceptors (Lipinski definition) is 2. The van der Waals surface area contributed by atoms with Gasteiger partial charge in [-0.1, -0.05) is 36.7 Å². The average Bonchev–Trinajstić information content (AvgIpc) is 2.43. The monoisotopic (exact) mass is 276 g/mol. The first-order valence-corrected chi connectivity index (χ1v) is 7.16. The molecule has 102 valence electrons. The van der Waals surface area contributed by atoms with Gasteiger partial charge < -0.3 is 0 Å². The van der Waals surface area contributed by atoms with Crippen LogP contribution >= 0.6 is 11.6 Å². The van der Waals surface area contributed by atoms with Gasteiger partial charge in [0.2, 0.25) is 0 Å². The van der Waals surface area contributed by atoms with Crippen LogP contribution in [0.1, 0.15) is 31.5 Å². The van der Waals surface area contributed by atoms with Gasteiger partial charge in [-0.25, -0.2) is 4.98 Å². The van der Waals surface area contributed by atoms with Crippen LogP contribution in [0.25, 0.3) is 10.9 Å². The lowest BCUT2D eigenvalue weighted by Crippen LogP contribution is -2.28. The van der Waals surface area contributed by atoms with Crippen LogP contribution in [0.4, 0.5) is 0 Å². The van der Waals surface area contributed by atoms with Gasteiger partial charge in [-0.15, -0.1) is 0 Å². The lowest BCUT2D eigenvalue weighted by atomic mass is 10.1. The average molecular weight is 277 g/mol. The summed E-state index contributed by atoms with van der Waals surface area (Å²) < 4.78 is 0. The second kappa shape index (κ2) is 5.89. The standard InChI is InChI=1S/C16H21ClN2/c1-5-11(2)19(4)10-15-16(17)12(3)13-8-6-7-9-14(13)18-15/h6-9,11H,5,10H2,1-4H3. The van der Waals surface area contributed by atoms with Crippen molar-refractivity contribution in [2.75, 3.05) is 7.05 Å². The number of halogens is 1. The Morgan fingerprint density at radius 2 is 2.00 bits per heavy atom. The number of hydrogen-bond donors (Lipinski definition) is 0. The molecule has 1 aromatic carbocycles. The molecule has 0 aliphatic rings. The summed E-state index contributed by atoms with van der Waals surface area (Å²) >= 11 is 6.47. The molecule has 0 bridgehead atoms. The predicted octanol–water partition coefficient (Wildman–Crippen LogP) is 4.43. The number of rotatable bonds is 4. The van der Waals surface area contributed by atoms with Gasteiger partial charge in [0.1, 0.15) is 0 Å². The maximum Gasteiger partial charge on any atom is 0.0740 e. The van der Waals surface area contributed by atoms with Gasteiger partial charge in [0.05, 0.1) is 16.2 Å². The highest BCUT2D eigenvalue weighted by Gasteiger charge is 2.14. The fourth-order valence-corrected chi connectivity index (χ4v) is 2.43. The van der Waals surface area contributed by atoms with Crippen molar-refractivity contribution in [3.63, 3.8) is 0 Å². The summed E-state index contributed by atoms with van der Waals surface area (Å²) in [7, 11) is 2.12. The molecule has 0 saturated carbocycles. The Kier molecular flexibility index (Phi) is 4.43. The molecule has 0 aliphatic heterocycles. The molecule has 0 aliphatic carbocycles. The summed E-state index contributed by atoms with van der Waals surface area (Å²) in [5.74, 6) is 0. The molecule has 2 nitrogen and oxygen atoms in total. The van der Waals surface area contributed by atoms with Gasteiger partial charge >= 0.3 is 0 Å². The lowest BCUT2D eigenvalue weighted by Gasteiger charge is -2.24. The van der Waals surface area contributed by atoms with Crippen molar-refractivity contribution in [1.29, 1.82) is 0 Å². The molecular weight excluding hydrogens is 256 g/mol. The Hall–Kier alpha value is -1.12. The summed E-state index contributed by atoms with van der Waals surface area (Å²) in [5, 5.41) is 1.94. The van der Waals surface area contributed by atoms with Crippen molar-refractivity contribution >= 4 is 22.5 Å². The maximum atomic E-state index is 6.47. The molecule has 1 unspecified atom stereocenters. The largest absolute Gasteiger partial charge is 0.298 e. The number of benzene rings is 1. The third kappa shape index (κ3) is 2.90. The summed E-state index contributed by atoms with van der Waals surface area (Å²) in [5.41, 5.74) is 3.12. The Labute approximate surface area is 120 Å². The molecule has 0 fully saturated rings. The zero-order chi connectivity index (χ0) is 14.0. The predicted molar refractivity (Wildman–Crippen MR) is 82.7 cm³/mol. The van der Waals surface area contributed by atoms with E-state index >= 15 is 0 Å². The van der Waals surface area contributed by atoms with E-state index in [0.717, 1.165) is 40.1 Å². The zero-order valence-corrected chi connectivity index (χ0v) is 12.8. The van der Waals surface area contributed by atoms with Gasteiger partial charge in [0.15, 0.2) is 0 Å². The first-order chi connectivity index (χ1) is 9.04. The van der Waals surface area contributed by atoms with Crippen molar-refractivity contribution < 1.29 is 0 Å². The second-order valence-corrected chi connectivity index (χ2v) is 5.56. The smallest absolute Gasteiger partial charge is 0.0740 e. The highest BCUT2D eigenvalue weighted by Crippen LogP contribution is 2.27. The third-order valence-electron chi connectivity index (χ3n) is 3.89. The molecule has 2 aromatic rings. The van der Waals surface area contributed by atoms with E-state index in [2.05, 4.69) is 38.8 Å². The van der Waals surface area contributed by atoms with E-state index in [9.17, 15) is 0 Å². The van der Waals surface area contributed by atoms with Crippen LogP contribution in [0.15, 0.2) is 24.3 Å². The SMILES string of the molecule is CCC(C)N(C)Cc1nc2ccccc2c(C)c1Cl. The zero-order valence-electron chi connectivity index (χ0n) is 12.1. The van der Waals surface area contributed by atoms with E-state index in [4.69, 9.17) is 16.6 Å². The molecule has 1 aromatic heterocycles. The third-order valence-corrected chi connectivity index (χ3v) is 4.39. The van der Waals surface area contributed by atoms with Crippen molar-refractivity contribution in [3.8, 4) is 0 Å². The van der Waals surface area contributed by atoms with Gasteiger partial charge in [-0.3, -0.25) is 4.90 Å². The van der Waals surface area contributed by atoms with Crippen LogP contribution in [0, 0.1) is 6.92 Å². The van der Waals surface area contributed by atoms with Gasteiger partial charge in [0, 0.05) is 18.0 Å². The van der Waals surface area contributed by atoms with Crippen molar-refractivity contribution in [2.45, 2.75) is 39.8 Å². The maximum absolute atomic E-state index is 6.47. The number of para-hydroxylation sites is 1. The van der Waals surface area contributed by atoms with E-state index in [1.807, 2.05) is 18.2 Å². The van der Waals surface area contributed by atoms with E-state index in [1.165, 1.54) is 0 Å². The van der Waals surface area contributed by atoms with Gasteiger partial charge in [-0.05, 0) is 38.9 Å². The Morgan fingerprint density at radius 3 is 2.68 bits per heavy atom. The van der Waals surface area contributed by atoms with Crippen molar-refractivity contribution in [3.05, 3.63) is 40.5 Å². The first-order valence-electron chi connectivity index (χ1n) is 6.78. The van der Waals surface area contributed by atoms with Crippen LogP contribution in [0.5, 0.6) is 0 Å². The summed E-state index contributed by atoms with van der Waals surface area (Å²) in [6.45, 7) is 7.28.